The Morgan fingerprint density at radius 3 is 2.48 bits per heavy atom. The predicted octanol–water partition coefficient (Wildman–Crippen LogP) is 4.52. The standard InChI is InChI=1S/C24H20N4O5/c1-32-20-11-8-15(12-21(20)33-2)14-25-27-24(29)23-22(16-6-4-3-5-7-16)18-13-17(28(30)31)9-10-19(18)26-23/h3-14,26H,1-2H3,(H,27,29)/b25-14+. The second kappa shape index (κ2) is 9.23. The molecule has 0 bridgehead atoms. The third-order valence-electron chi connectivity index (χ3n) is 5.07. The molecule has 0 unspecified atom stereocenters. The van der Waals surface area contributed by atoms with Crippen LogP contribution in [0.25, 0.3) is 22.0 Å². The Labute approximate surface area is 188 Å². The number of nitrogens with zero attached hydrogens (tertiary/aromatic N) is 2. The van der Waals surface area contributed by atoms with Gasteiger partial charge >= 0.3 is 0 Å². The molecule has 1 heterocycles. The van der Waals surface area contributed by atoms with E-state index in [2.05, 4.69) is 15.5 Å². The zero-order valence-electron chi connectivity index (χ0n) is 17.9. The Morgan fingerprint density at radius 1 is 1.03 bits per heavy atom. The van der Waals surface area contributed by atoms with Gasteiger partial charge in [0.1, 0.15) is 5.69 Å². The third-order valence-corrected chi connectivity index (χ3v) is 5.07. The van der Waals surface area contributed by atoms with Crippen molar-refractivity contribution >= 4 is 28.7 Å². The van der Waals surface area contributed by atoms with Crippen molar-refractivity contribution in [2.45, 2.75) is 0 Å². The molecule has 166 valence electrons. The van der Waals surface area contributed by atoms with Gasteiger partial charge in [-0.05, 0) is 35.4 Å². The van der Waals surface area contributed by atoms with Gasteiger partial charge in [0.2, 0.25) is 0 Å². The molecule has 0 aliphatic rings. The molecule has 9 nitrogen and oxygen atoms in total. The van der Waals surface area contributed by atoms with Crippen LogP contribution in [0.5, 0.6) is 11.5 Å². The van der Waals surface area contributed by atoms with E-state index in [0.717, 1.165) is 5.56 Å². The summed E-state index contributed by atoms with van der Waals surface area (Å²) in [6, 6.07) is 18.9. The lowest BCUT2D eigenvalue weighted by atomic mass is 10.0. The molecule has 0 radical (unpaired) electrons. The average Bonchev–Trinajstić information content (AvgIpc) is 3.23. The van der Waals surface area contributed by atoms with Crippen LogP contribution in [-0.4, -0.2) is 36.2 Å². The molecule has 4 rings (SSSR count). The molecule has 0 saturated carbocycles. The minimum Gasteiger partial charge on any atom is -0.493 e. The number of benzene rings is 3. The van der Waals surface area contributed by atoms with Crippen LogP contribution in [0.3, 0.4) is 0 Å². The average molecular weight is 444 g/mol. The fraction of sp³-hybridized carbons (Fsp3) is 0.0833. The summed E-state index contributed by atoms with van der Waals surface area (Å²) in [6.45, 7) is 0. The summed E-state index contributed by atoms with van der Waals surface area (Å²) in [5.74, 6) is 0.638. The number of nitrogens with one attached hydrogen (secondary N) is 2. The summed E-state index contributed by atoms with van der Waals surface area (Å²) in [6.07, 6.45) is 1.48. The monoisotopic (exact) mass is 444 g/mol. The highest BCUT2D eigenvalue weighted by Crippen LogP contribution is 2.34. The van der Waals surface area contributed by atoms with Crippen molar-refractivity contribution in [3.63, 3.8) is 0 Å². The number of nitro groups is 1. The number of rotatable bonds is 7. The van der Waals surface area contributed by atoms with Gasteiger partial charge < -0.3 is 14.5 Å². The first-order chi connectivity index (χ1) is 16.0. The van der Waals surface area contributed by atoms with Crippen molar-refractivity contribution in [1.29, 1.82) is 0 Å². The maximum Gasteiger partial charge on any atom is 0.288 e. The zero-order valence-corrected chi connectivity index (χ0v) is 17.9. The van der Waals surface area contributed by atoms with E-state index in [0.29, 0.717) is 33.5 Å². The number of aromatic amines is 1. The molecule has 1 amide bonds. The second-order valence-corrected chi connectivity index (χ2v) is 7.04. The number of carbonyl (C=O) groups is 1. The van der Waals surface area contributed by atoms with E-state index in [-0.39, 0.29) is 11.4 Å². The van der Waals surface area contributed by atoms with Gasteiger partial charge in [0, 0.05) is 28.6 Å². The van der Waals surface area contributed by atoms with Crippen LogP contribution in [0.15, 0.2) is 71.8 Å². The molecule has 0 fully saturated rings. The number of nitro benzene ring substituents is 1. The van der Waals surface area contributed by atoms with Gasteiger partial charge in [-0.3, -0.25) is 14.9 Å². The fourth-order valence-corrected chi connectivity index (χ4v) is 3.52. The Kier molecular flexibility index (Phi) is 6.03. The van der Waals surface area contributed by atoms with Crippen LogP contribution < -0.4 is 14.9 Å². The molecule has 0 aliphatic heterocycles. The summed E-state index contributed by atoms with van der Waals surface area (Å²) >= 11 is 0. The molecule has 3 aromatic carbocycles. The maximum atomic E-state index is 13.0. The van der Waals surface area contributed by atoms with E-state index in [1.807, 2.05) is 30.3 Å². The number of hydrogen-bond acceptors (Lipinski definition) is 6. The Bertz CT molecular complexity index is 1360. The predicted molar refractivity (Wildman–Crippen MR) is 125 cm³/mol. The van der Waals surface area contributed by atoms with Gasteiger partial charge in [0.05, 0.1) is 25.4 Å². The summed E-state index contributed by atoms with van der Waals surface area (Å²) in [4.78, 5) is 26.9. The second-order valence-electron chi connectivity index (χ2n) is 7.04. The number of carbonyl (C=O) groups excluding carboxylic acids is 1. The summed E-state index contributed by atoms with van der Waals surface area (Å²) < 4.78 is 10.5. The van der Waals surface area contributed by atoms with E-state index in [1.54, 1.807) is 31.4 Å². The molecular formula is C24H20N4O5. The number of hydrazone groups is 1. The van der Waals surface area contributed by atoms with E-state index >= 15 is 0 Å². The Hall–Kier alpha value is -4.66. The first kappa shape index (κ1) is 21.6. The molecule has 2 N–H and O–H groups in total. The van der Waals surface area contributed by atoms with Crippen molar-refractivity contribution in [3.8, 4) is 22.6 Å². The summed E-state index contributed by atoms with van der Waals surface area (Å²) in [5.41, 5.74) is 5.32. The molecule has 0 atom stereocenters. The van der Waals surface area contributed by atoms with Crippen LogP contribution >= 0.6 is 0 Å². The van der Waals surface area contributed by atoms with Crippen molar-refractivity contribution in [2.75, 3.05) is 14.2 Å². The third kappa shape index (κ3) is 4.38. The molecule has 33 heavy (non-hydrogen) atoms. The van der Waals surface area contributed by atoms with Crippen LogP contribution in [0, 0.1) is 10.1 Å². The van der Waals surface area contributed by atoms with E-state index in [1.165, 1.54) is 25.5 Å². The SMILES string of the molecule is COc1ccc(/C=N/NC(=O)c2[nH]c3ccc([N+](=O)[O-])cc3c2-c2ccccc2)cc1OC. The topological polar surface area (TPSA) is 119 Å². The first-order valence-electron chi connectivity index (χ1n) is 9.92. The van der Waals surface area contributed by atoms with Crippen molar-refractivity contribution in [2.24, 2.45) is 5.10 Å². The maximum absolute atomic E-state index is 13.0. The van der Waals surface area contributed by atoms with E-state index in [9.17, 15) is 14.9 Å². The molecule has 0 saturated heterocycles. The first-order valence-corrected chi connectivity index (χ1v) is 9.92. The number of methoxy groups -OCH3 is 2. The molecule has 0 spiro atoms. The van der Waals surface area contributed by atoms with E-state index in [4.69, 9.17) is 9.47 Å². The van der Waals surface area contributed by atoms with Crippen molar-refractivity contribution < 1.29 is 19.2 Å². The van der Waals surface area contributed by atoms with Crippen LogP contribution in [-0.2, 0) is 0 Å². The van der Waals surface area contributed by atoms with Crippen LogP contribution in [0.4, 0.5) is 5.69 Å². The number of ether oxygens (including phenoxy) is 2. The van der Waals surface area contributed by atoms with Gasteiger partial charge in [0.15, 0.2) is 11.5 Å². The highest BCUT2D eigenvalue weighted by atomic mass is 16.6. The highest BCUT2D eigenvalue weighted by molar-refractivity contribution is 6.10. The van der Waals surface area contributed by atoms with Crippen molar-refractivity contribution in [3.05, 3.63) is 88.1 Å². The van der Waals surface area contributed by atoms with Crippen LogP contribution in [0.2, 0.25) is 0 Å². The quantitative estimate of drug-likeness (QED) is 0.247. The summed E-state index contributed by atoms with van der Waals surface area (Å²) in [5, 5.41) is 15.9. The lowest BCUT2D eigenvalue weighted by Gasteiger charge is -2.07. The fourth-order valence-electron chi connectivity index (χ4n) is 3.52. The van der Waals surface area contributed by atoms with E-state index < -0.39 is 10.8 Å². The normalized spacial score (nSPS) is 11.0. The molecule has 0 aliphatic carbocycles. The minimum atomic E-state index is -0.482. The molecule has 4 aromatic rings. The number of aromatic nitrogens is 1. The molecule has 1 aromatic heterocycles. The Morgan fingerprint density at radius 2 is 1.79 bits per heavy atom. The number of fused-ring (bicyclic) bond motifs is 1. The minimum absolute atomic E-state index is 0.0582. The smallest absolute Gasteiger partial charge is 0.288 e. The molecular weight excluding hydrogens is 424 g/mol. The Balaban J connectivity index is 1.68. The highest BCUT2D eigenvalue weighted by Gasteiger charge is 2.21. The number of H-pyrrole nitrogens is 1. The molecule has 9 heteroatoms. The largest absolute Gasteiger partial charge is 0.493 e. The lowest BCUT2D eigenvalue weighted by Crippen LogP contribution is -2.18. The number of hydrogen-bond donors (Lipinski definition) is 2. The number of amides is 1. The van der Waals surface area contributed by atoms with Gasteiger partial charge in [0.25, 0.3) is 11.6 Å². The van der Waals surface area contributed by atoms with Crippen LogP contribution in [0.1, 0.15) is 16.1 Å². The summed E-state index contributed by atoms with van der Waals surface area (Å²) in [7, 11) is 3.08. The van der Waals surface area contributed by atoms with Gasteiger partial charge in [-0.15, -0.1) is 0 Å². The zero-order chi connectivity index (χ0) is 23.4. The van der Waals surface area contributed by atoms with Gasteiger partial charge in [-0.1, -0.05) is 30.3 Å². The van der Waals surface area contributed by atoms with Crippen molar-refractivity contribution in [1.82, 2.24) is 10.4 Å². The van der Waals surface area contributed by atoms with Gasteiger partial charge in [-0.2, -0.15) is 5.10 Å². The number of non-ortho nitro benzene ring substituents is 1. The van der Waals surface area contributed by atoms with Gasteiger partial charge in [-0.25, -0.2) is 5.43 Å². The lowest BCUT2D eigenvalue weighted by molar-refractivity contribution is -0.384.